The van der Waals surface area contributed by atoms with Crippen LogP contribution in [0.5, 0.6) is 0 Å². The number of aryl methyl sites for hydroxylation is 1. The number of carbonyl (C=O) groups excluding carboxylic acids is 1. The number of anilines is 1. The van der Waals surface area contributed by atoms with Gasteiger partial charge < -0.3 is 9.80 Å². The Kier molecular flexibility index (Phi) is 3.86. The summed E-state index contributed by atoms with van der Waals surface area (Å²) in [5.74, 6) is 0.0756. The van der Waals surface area contributed by atoms with Crippen molar-refractivity contribution in [2.45, 2.75) is 6.92 Å². The molecule has 21 heavy (non-hydrogen) atoms. The topological polar surface area (TPSA) is 36.4 Å². The molecule has 3 rings (SSSR count). The van der Waals surface area contributed by atoms with E-state index in [0.717, 1.165) is 26.2 Å². The van der Waals surface area contributed by atoms with Crippen molar-refractivity contribution in [3.63, 3.8) is 0 Å². The van der Waals surface area contributed by atoms with Gasteiger partial charge in [0.25, 0.3) is 5.91 Å². The molecule has 0 atom stereocenters. The second kappa shape index (κ2) is 5.95. The summed E-state index contributed by atoms with van der Waals surface area (Å²) >= 11 is 0. The van der Waals surface area contributed by atoms with Crippen LogP contribution < -0.4 is 4.90 Å². The van der Waals surface area contributed by atoms with E-state index in [1.54, 1.807) is 18.5 Å². The summed E-state index contributed by atoms with van der Waals surface area (Å²) in [6.45, 7) is 5.33. The van der Waals surface area contributed by atoms with Gasteiger partial charge in [0, 0.05) is 44.3 Å². The number of carbonyl (C=O) groups is 1. The SMILES string of the molecule is Cc1ccc(N2CCN(C(=O)c3cccnc3)CC2)cc1. The number of hydrogen-bond donors (Lipinski definition) is 0. The Balaban J connectivity index is 1.63. The molecule has 1 aliphatic rings. The second-order valence-electron chi connectivity index (χ2n) is 5.36. The van der Waals surface area contributed by atoms with E-state index in [0.29, 0.717) is 5.56 Å². The average molecular weight is 281 g/mol. The first kappa shape index (κ1) is 13.6. The molecule has 4 nitrogen and oxygen atoms in total. The van der Waals surface area contributed by atoms with Crippen LogP contribution in [0, 0.1) is 6.92 Å². The van der Waals surface area contributed by atoms with Crippen molar-refractivity contribution in [2.24, 2.45) is 0 Å². The maximum absolute atomic E-state index is 12.4. The number of pyridine rings is 1. The lowest BCUT2D eigenvalue weighted by molar-refractivity contribution is 0.0746. The van der Waals surface area contributed by atoms with Crippen LogP contribution in [0.3, 0.4) is 0 Å². The number of amides is 1. The lowest BCUT2D eigenvalue weighted by Crippen LogP contribution is -2.48. The molecule has 4 heteroatoms. The van der Waals surface area contributed by atoms with Gasteiger partial charge >= 0.3 is 0 Å². The highest BCUT2D eigenvalue weighted by molar-refractivity contribution is 5.94. The molecule has 2 aromatic rings. The maximum atomic E-state index is 12.4. The summed E-state index contributed by atoms with van der Waals surface area (Å²) in [5.41, 5.74) is 3.17. The number of piperazine rings is 1. The Labute approximate surface area is 125 Å². The van der Waals surface area contributed by atoms with Crippen LogP contribution in [0.25, 0.3) is 0 Å². The first-order valence-electron chi connectivity index (χ1n) is 7.25. The van der Waals surface area contributed by atoms with E-state index in [9.17, 15) is 4.79 Å². The molecule has 1 aliphatic heterocycles. The van der Waals surface area contributed by atoms with Crippen LogP contribution in [-0.4, -0.2) is 42.0 Å². The van der Waals surface area contributed by atoms with E-state index in [-0.39, 0.29) is 5.91 Å². The van der Waals surface area contributed by atoms with Crippen LogP contribution in [-0.2, 0) is 0 Å². The minimum absolute atomic E-state index is 0.0756. The molecule has 108 valence electrons. The van der Waals surface area contributed by atoms with Crippen LogP contribution >= 0.6 is 0 Å². The molecule has 0 N–H and O–H groups in total. The van der Waals surface area contributed by atoms with Crippen LogP contribution in [0.15, 0.2) is 48.8 Å². The van der Waals surface area contributed by atoms with Crippen LogP contribution in [0.1, 0.15) is 15.9 Å². The van der Waals surface area contributed by atoms with E-state index in [4.69, 9.17) is 0 Å². The maximum Gasteiger partial charge on any atom is 0.255 e. The van der Waals surface area contributed by atoms with Gasteiger partial charge in [0.15, 0.2) is 0 Å². The monoisotopic (exact) mass is 281 g/mol. The first-order chi connectivity index (χ1) is 10.2. The lowest BCUT2D eigenvalue weighted by Gasteiger charge is -2.36. The van der Waals surface area contributed by atoms with Crippen molar-refractivity contribution >= 4 is 11.6 Å². The predicted molar refractivity (Wildman–Crippen MR) is 83.5 cm³/mol. The summed E-state index contributed by atoms with van der Waals surface area (Å²) in [5, 5.41) is 0. The Morgan fingerprint density at radius 3 is 2.38 bits per heavy atom. The van der Waals surface area contributed by atoms with Gasteiger partial charge in [0.2, 0.25) is 0 Å². The third kappa shape index (κ3) is 3.05. The van der Waals surface area contributed by atoms with Gasteiger partial charge in [-0.1, -0.05) is 17.7 Å². The van der Waals surface area contributed by atoms with Crippen LogP contribution in [0.4, 0.5) is 5.69 Å². The molecule has 2 heterocycles. The molecule has 0 radical (unpaired) electrons. The Hall–Kier alpha value is -2.36. The molecular formula is C17H19N3O. The predicted octanol–water partition coefficient (Wildman–Crippen LogP) is 2.35. The van der Waals surface area contributed by atoms with E-state index < -0.39 is 0 Å². The van der Waals surface area contributed by atoms with Crippen molar-refractivity contribution < 1.29 is 4.79 Å². The van der Waals surface area contributed by atoms with Crippen molar-refractivity contribution in [2.75, 3.05) is 31.1 Å². The van der Waals surface area contributed by atoms with Gasteiger partial charge in [-0.3, -0.25) is 9.78 Å². The summed E-state index contributed by atoms with van der Waals surface area (Å²) in [4.78, 5) is 20.6. The van der Waals surface area contributed by atoms with Crippen molar-refractivity contribution in [1.82, 2.24) is 9.88 Å². The molecule has 0 aliphatic carbocycles. The quantitative estimate of drug-likeness (QED) is 0.848. The van der Waals surface area contributed by atoms with Gasteiger partial charge in [0.1, 0.15) is 0 Å². The summed E-state index contributed by atoms with van der Waals surface area (Å²) in [6, 6.07) is 12.2. The average Bonchev–Trinajstić information content (AvgIpc) is 2.56. The zero-order chi connectivity index (χ0) is 14.7. The zero-order valence-corrected chi connectivity index (χ0v) is 12.2. The number of rotatable bonds is 2. The van der Waals surface area contributed by atoms with Gasteiger partial charge in [0.05, 0.1) is 5.56 Å². The molecule has 1 amide bonds. The van der Waals surface area contributed by atoms with Gasteiger partial charge in [-0.2, -0.15) is 0 Å². The molecule has 1 fully saturated rings. The van der Waals surface area contributed by atoms with Crippen molar-refractivity contribution in [3.8, 4) is 0 Å². The largest absolute Gasteiger partial charge is 0.368 e. The fourth-order valence-corrected chi connectivity index (χ4v) is 2.60. The van der Waals surface area contributed by atoms with Gasteiger partial charge in [-0.15, -0.1) is 0 Å². The van der Waals surface area contributed by atoms with Crippen molar-refractivity contribution in [3.05, 3.63) is 59.9 Å². The van der Waals surface area contributed by atoms with Gasteiger partial charge in [-0.25, -0.2) is 0 Å². The molecule has 0 saturated carbocycles. The highest BCUT2D eigenvalue weighted by Gasteiger charge is 2.22. The van der Waals surface area contributed by atoms with E-state index in [1.165, 1.54) is 11.3 Å². The van der Waals surface area contributed by atoms with E-state index in [1.807, 2.05) is 11.0 Å². The minimum atomic E-state index is 0.0756. The molecule has 1 saturated heterocycles. The standard InChI is InChI=1S/C17H19N3O/c1-14-4-6-16(7-5-14)19-9-11-20(12-10-19)17(21)15-3-2-8-18-13-15/h2-8,13H,9-12H2,1H3. The summed E-state index contributed by atoms with van der Waals surface area (Å²) in [6.07, 6.45) is 3.32. The fraction of sp³-hybridized carbons (Fsp3) is 0.294. The lowest BCUT2D eigenvalue weighted by atomic mass is 10.2. The summed E-state index contributed by atoms with van der Waals surface area (Å²) < 4.78 is 0. The number of nitrogens with zero attached hydrogens (tertiary/aromatic N) is 3. The highest BCUT2D eigenvalue weighted by Crippen LogP contribution is 2.17. The normalized spacial score (nSPS) is 15.1. The molecule has 1 aromatic heterocycles. The highest BCUT2D eigenvalue weighted by atomic mass is 16.2. The Morgan fingerprint density at radius 1 is 1.05 bits per heavy atom. The molecule has 0 spiro atoms. The summed E-state index contributed by atoms with van der Waals surface area (Å²) in [7, 11) is 0. The smallest absolute Gasteiger partial charge is 0.255 e. The third-order valence-corrected chi connectivity index (χ3v) is 3.87. The van der Waals surface area contributed by atoms with E-state index >= 15 is 0 Å². The van der Waals surface area contributed by atoms with E-state index in [2.05, 4.69) is 41.1 Å². The molecular weight excluding hydrogens is 262 g/mol. The molecule has 1 aromatic carbocycles. The first-order valence-corrected chi connectivity index (χ1v) is 7.25. The van der Waals surface area contributed by atoms with Gasteiger partial charge in [-0.05, 0) is 31.2 Å². The number of hydrogen-bond acceptors (Lipinski definition) is 3. The number of benzene rings is 1. The molecule has 0 unspecified atom stereocenters. The third-order valence-electron chi connectivity index (χ3n) is 3.87. The zero-order valence-electron chi connectivity index (χ0n) is 12.2. The number of aromatic nitrogens is 1. The molecule has 0 bridgehead atoms. The fourth-order valence-electron chi connectivity index (χ4n) is 2.60. The van der Waals surface area contributed by atoms with Crippen molar-refractivity contribution in [1.29, 1.82) is 0 Å². The second-order valence-corrected chi connectivity index (χ2v) is 5.36. The Morgan fingerprint density at radius 2 is 1.76 bits per heavy atom. The van der Waals surface area contributed by atoms with Crippen LogP contribution in [0.2, 0.25) is 0 Å². The minimum Gasteiger partial charge on any atom is -0.368 e. The Bertz CT molecular complexity index is 602.